The van der Waals surface area contributed by atoms with Gasteiger partial charge in [-0.15, -0.1) is 0 Å². The summed E-state index contributed by atoms with van der Waals surface area (Å²) in [7, 11) is 0. The van der Waals surface area contributed by atoms with Crippen molar-refractivity contribution >= 4 is 11.4 Å². The number of benzene rings is 1. The molecule has 2 aromatic rings. The molecule has 0 atom stereocenters. The molecule has 0 bridgehead atoms. The zero-order valence-electron chi connectivity index (χ0n) is 13.0. The van der Waals surface area contributed by atoms with E-state index in [1.165, 1.54) is 12.1 Å². The molecule has 0 amide bonds. The fourth-order valence-electron chi connectivity index (χ4n) is 2.79. The Labute approximate surface area is 139 Å². The molecule has 2 heterocycles. The number of non-ortho nitro benzene ring substituents is 1. The summed E-state index contributed by atoms with van der Waals surface area (Å²) < 4.78 is 0. The first-order valence-electron chi connectivity index (χ1n) is 7.58. The van der Waals surface area contributed by atoms with Gasteiger partial charge in [0.15, 0.2) is 0 Å². The van der Waals surface area contributed by atoms with Crippen LogP contribution in [0.15, 0.2) is 36.8 Å². The summed E-state index contributed by atoms with van der Waals surface area (Å²) in [5, 5.41) is 20.1. The van der Waals surface area contributed by atoms with Crippen LogP contribution in [-0.4, -0.2) is 46.0 Å². The third-order valence-corrected chi connectivity index (χ3v) is 4.03. The number of rotatable bonds is 4. The highest BCUT2D eigenvalue weighted by Crippen LogP contribution is 2.26. The van der Waals surface area contributed by atoms with Gasteiger partial charge in [-0.1, -0.05) is 0 Å². The second-order valence-corrected chi connectivity index (χ2v) is 5.53. The molecule has 8 heteroatoms. The predicted molar refractivity (Wildman–Crippen MR) is 87.3 cm³/mol. The van der Waals surface area contributed by atoms with E-state index in [-0.39, 0.29) is 5.69 Å². The molecular formula is C16H16N6O2. The molecule has 1 aliphatic heterocycles. The number of nitro groups is 1. The van der Waals surface area contributed by atoms with E-state index in [4.69, 9.17) is 0 Å². The Morgan fingerprint density at radius 2 is 2.04 bits per heavy atom. The van der Waals surface area contributed by atoms with Crippen molar-refractivity contribution in [2.24, 2.45) is 0 Å². The first-order chi connectivity index (χ1) is 11.7. The molecule has 0 radical (unpaired) electrons. The van der Waals surface area contributed by atoms with Crippen LogP contribution in [0.3, 0.4) is 0 Å². The van der Waals surface area contributed by atoms with Gasteiger partial charge >= 0.3 is 0 Å². The zero-order chi connectivity index (χ0) is 16.9. The summed E-state index contributed by atoms with van der Waals surface area (Å²) in [4.78, 5) is 23.1. The van der Waals surface area contributed by atoms with Crippen molar-refractivity contribution in [2.75, 3.05) is 31.1 Å². The lowest BCUT2D eigenvalue weighted by Crippen LogP contribution is -2.46. The Bertz CT molecular complexity index is 766. The molecule has 1 aromatic heterocycles. The largest absolute Gasteiger partial charge is 0.368 e. The number of piperazine rings is 1. The Balaban J connectivity index is 1.66. The number of hydrogen-bond acceptors (Lipinski definition) is 7. The van der Waals surface area contributed by atoms with Crippen LogP contribution in [-0.2, 0) is 6.54 Å². The van der Waals surface area contributed by atoms with Gasteiger partial charge in [0, 0.05) is 63.4 Å². The van der Waals surface area contributed by atoms with Crippen LogP contribution >= 0.6 is 0 Å². The molecule has 0 N–H and O–H groups in total. The van der Waals surface area contributed by atoms with Gasteiger partial charge in [0.25, 0.3) is 5.69 Å². The SMILES string of the molecule is N#Cc1cc([N+](=O)[O-])ccc1N1CCN(Cc2cnccn2)CC1. The molecule has 24 heavy (non-hydrogen) atoms. The van der Waals surface area contributed by atoms with Crippen molar-refractivity contribution in [3.05, 3.63) is 58.2 Å². The number of hydrogen-bond donors (Lipinski definition) is 0. The van der Waals surface area contributed by atoms with Crippen LogP contribution in [0.25, 0.3) is 0 Å². The third-order valence-electron chi connectivity index (χ3n) is 4.03. The predicted octanol–water partition coefficient (Wildman–Crippen LogP) is 1.58. The van der Waals surface area contributed by atoms with Crippen LogP contribution in [0.5, 0.6) is 0 Å². The summed E-state index contributed by atoms with van der Waals surface area (Å²) in [6, 6.07) is 6.50. The van der Waals surface area contributed by atoms with Crippen LogP contribution < -0.4 is 4.90 Å². The molecule has 3 rings (SSSR count). The van der Waals surface area contributed by atoms with Gasteiger partial charge in [-0.25, -0.2) is 0 Å². The Morgan fingerprint density at radius 1 is 1.25 bits per heavy atom. The van der Waals surface area contributed by atoms with Gasteiger partial charge in [-0.2, -0.15) is 5.26 Å². The highest BCUT2D eigenvalue weighted by molar-refractivity contribution is 5.63. The molecule has 0 unspecified atom stereocenters. The number of aromatic nitrogens is 2. The molecular weight excluding hydrogens is 308 g/mol. The zero-order valence-corrected chi connectivity index (χ0v) is 13.0. The standard InChI is InChI=1S/C16H16N6O2/c17-10-13-9-15(22(23)24)1-2-16(13)21-7-5-20(6-8-21)12-14-11-18-3-4-19-14/h1-4,9,11H,5-8,12H2. The average Bonchev–Trinajstić information content (AvgIpc) is 2.62. The highest BCUT2D eigenvalue weighted by Gasteiger charge is 2.21. The first-order valence-corrected chi connectivity index (χ1v) is 7.58. The fraction of sp³-hybridized carbons (Fsp3) is 0.312. The normalized spacial score (nSPS) is 15.0. The van der Waals surface area contributed by atoms with Crippen LogP contribution in [0, 0.1) is 21.4 Å². The number of nitro benzene ring substituents is 1. The highest BCUT2D eigenvalue weighted by atomic mass is 16.6. The second-order valence-electron chi connectivity index (χ2n) is 5.53. The maximum absolute atomic E-state index is 10.8. The van der Waals surface area contributed by atoms with E-state index < -0.39 is 4.92 Å². The Kier molecular flexibility index (Phi) is 4.63. The van der Waals surface area contributed by atoms with E-state index in [2.05, 4.69) is 25.8 Å². The summed E-state index contributed by atoms with van der Waals surface area (Å²) in [6.45, 7) is 3.92. The van der Waals surface area contributed by atoms with Crippen molar-refractivity contribution in [2.45, 2.75) is 6.54 Å². The minimum absolute atomic E-state index is 0.0587. The smallest absolute Gasteiger partial charge is 0.270 e. The number of nitrogens with zero attached hydrogens (tertiary/aromatic N) is 6. The topological polar surface area (TPSA) is 99.2 Å². The van der Waals surface area contributed by atoms with Gasteiger partial charge in [0.2, 0.25) is 0 Å². The lowest BCUT2D eigenvalue weighted by Gasteiger charge is -2.36. The molecule has 1 aromatic carbocycles. The maximum atomic E-state index is 10.8. The third kappa shape index (κ3) is 3.47. The minimum Gasteiger partial charge on any atom is -0.368 e. The quantitative estimate of drug-likeness (QED) is 0.622. The molecule has 1 fully saturated rings. The first kappa shape index (κ1) is 15.8. The molecule has 1 saturated heterocycles. The van der Waals surface area contributed by atoms with Crippen LogP contribution in [0.2, 0.25) is 0 Å². The van der Waals surface area contributed by atoms with Crippen molar-refractivity contribution in [3.63, 3.8) is 0 Å². The van der Waals surface area contributed by atoms with Crippen LogP contribution in [0.4, 0.5) is 11.4 Å². The monoisotopic (exact) mass is 324 g/mol. The Hall–Kier alpha value is -3.05. The van der Waals surface area contributed by atoms with E-state index >= 15 is 0 Å². The van der Waals surface area contributed by atoms with Gasteiger partial charge < -0.3 is 4.90 Å². The lowest BCUT2D eigenvalue weighted by molar-refractivity contribution is -0.384. The number of anilines is 1. The fourth-order valence-corrected chi connectivity index (χ4v) is 2.79. The minimum atomic E-state index is -0.483. The van der Waals surface area contributed by atoms with E-state index in [0.29, 0.717) is 5.56 Å². The maximum Gasteiger partial charge on any atom is 0.270 e. The van der Waals surface area contributed by atoms with Crippen LogP contribution in [0.1, 0.15) is 11.3 Å². The molecule has 8 nitrogen and oxygen atoms in total. The molecule has 0 spiro atoms. The van der Waals surface area contributed by atoms with Gasteiger partial charge in [0.1, 0.15) is 6.07 Å². The summed E-state index contributed by atoms with van der Waals surface area (Å²) in [5.41, 5.74) is 1.96. The van der Waals surface area contributed by atoms with E-state index in [1.807, 2.05) is 0 Å². The van der Waals surface area contributed by atoms with Crippen molar-refractivity contribution in [1.29, 1.82) is 5.26 Å². The summed E-state index contributed by atoms with van der Waals surface area (Å²) in [6.07, 6.45) is 5.09. The van der Waals surface area contributed by atoms with Crippen molar-refractivity contribution < 1.29 is 4.92 Å². The Morgan fingerprint density at radius 3 is 2.67 bits per heavy atom. The second kappa shape index (κ2) is 7.02. The van der Waals surface area contributed by atoms with E-state index in [0.717, 1.165) is 44.1 Å². The van der Waals surface area contributed by atoms with E-state index in [9.17, 15) is 15.4 Å². The molecule has 1 aliphatic rings. The summed E-state index contributed by atoms with van der Waals surface area (Å²) >= 11 is 0. The molecule has 0 aliphatic carbocycles. The van der Waals surface area contributed by atoms with Crippen molar-refractivity contribution in [1.82, 2.24) is 14.9 Å². The van der Waals surface area contributed by atoms with Crippen molar-refractivity contribution in [3.8, 4) is 6.07 Å². The van der Waals surface area contributed by atoms with Gasteiger partial charge in [0.05, 0.1) is 21.9 Å². The number of nitriles is 1. The average molecular weight is 324 g/mol. The van der Waals surface area contributed by atoms with Gasteiger partial charge in [-0.05, 0) is 6.07 Å². The summed E-state index contributed by atoms with van der Waals surface area (Å²) in [5.74, 6) is 0. The van der Waals surface area contributed by atoms with Gasteiger partial charge in [-0.3, -0.25) is 25.0 Å². The lowest BCUT2D eigenvalue weighted by atomic mass is 10.1. The molecule has 122 valence electrons. The molecule has 0 saturated carbocycles. The van der Waals surface area contributed by atoms with E-state index in [1.54, 1.807) is 24.7 Å².